The molecule has 24 heavy (non-hydrogen) atoms. The molecule has 0 spiro atoms. The van der Waals surface area contributed by atoms with Crippen LogP contribution >= 0.6 is 11.3 Å². The van der Waals surface area contributed by atoms with Crippen molar-refractivity contribution in [1.82, 2.24) is 10.3 Å². The van der Waals surface area contributed by atoms with Crippen LogP contribution in [0.4, 0.5) is 16.2 Å². The van der Waals surface area contributed by atoms with Gasteiger partial charge in [-0.3, -0.25) is 4.79 Å². The highest BCUT2D eigenvalue weighted by Crippen LogP contribution is 2.20. The molecule has 0 fully saturated rings. The zero-order chi connectivity index (χ0) is 17.7. The lowest BCUT2D eigenvalue weighted by molar-refractivity contribution is -0.116. The average Bonchev–Trinajstić information content (AvgIpc) is 2.98. The molecular formula is C17H22N4O2S. The number of aromatic nitrogens is 1. The molecule has 128 valence electrons. The molecule has 1 heterocycles. The lowest BCUT2D eigenvalue weighted by Crippen LogP contribution is -2.31. The van der Waals surface area contributed by atoms with Crippen LogP contribution in [0.25, 0.3) is 0 Å². The van der Waals surface area contributed by atoms with Crippen LogP contribution in [0, 0.1) is 6.92 Å². The average molecular weight is 346 g/mol. The monoisotopic (exact) mass is 346 g/mol. The molecule has 0 unspecified atom stereocenters. The maximum atomic E-state index is 12.0. The molecule has 0 saturated heterocycles. The summed E-state index contributed by atoms with van der Waals surface area (Å²) in [4.78, 5) is 29.4. The molecule has 1 aromatic heterocycles. The SMILES string of the molecule is CC(=O)N(C)c1cccc(NC(=O)NC[C@H](C)c2nc(C)cs2)c1. The highest BCUT2D eigenvalue weighted by molar-refractivity contribution is 7.09. The fourth-order valence-corrected chi connectivity index (χ4v) is 2.94. The highest BCUT2D eigenvalue weighted by Gasteiger charge is 2.12. The van der Waals surface area contributed by atoms with Crippen molar-refractivity contribution in [3.8, 4) is 0 Å². The Labute approximate surface area is 145 Å². The Bertz CT molecular complexity index is 729. The third kappa shape index (κ3) is 4.79. The molecule has 0 radical (unpaired) electrons. The van der Waals surface area contributed by atoms with Crippen LogP contribution in [0.15, 0.2) is 29.6 Å². The van der Waals surface area contributed by atoms with Crippen molar-refractivity contribution in [2.45, 2.75) is 26.7 Å². The largest absolute Gasteiger partial charge is 0.337 e. The number of rotatable bonds is 5. The van der Waals surface area contributed by atoms with Gasteiger partial charge in [-0.05, 0) is 25.1 Å². The Hall–Kier alpha value is -2.41. The number of anilines is 2. The van der Waals surface area contributed by atoms with Gasteiger partial charge in [-0.1, -0.05) is 13.0 Å². The summed E-state index contributed by atoms with van der Waals surface area (Å²) < 4.78 is 0. The first-order valence-electron chi connectivity index (χ1n) is 7.68. The van der Waals surface area contributed by atoms with E-state index in [9.17, 15) is 9.59 Å². The van der Waals surface area contributed by atoms with Crippen LogP contribution in [-0.4, -0.2) is 30.5 Å². The first kappa shape index (κ1) is 17.9. The minimum atomic E-state index is -0.280. The van der Waals surface area contributed by atoms with Gasteiger partial charge in [-0.2, -0.15) is 0 Å². The fraction of sp³-hybridized carbons (Fsp3) is 0.353. The highest BCUT2D eigenvalue weighted by atomic mass is 32.1. The van der Waals surface area contributed by atoms with Crippen molar-refractivity contribution < 1.29 is 9.59 Å². The quantitative estimate of drug-likeness (QED) is 0.872. The Morgan fingerprint density at radius 1 is 1.38 bits per heavy atom. The van der Waals surface area contributed by atoms with Gasteiger partial charge < -0.3 is 15.5 Å². The van der Waals surface area contributed by atoms with Crippen molar-refractivity contribution in [3.63, 3.8) is 0 Å². The predicted molar refractivity (Wildman–Crippen MR) is 97.8 cm³/mol. The number of benzene rings is 1. The van der Waals surface area contributed by atoms with Crippen molar-refractivity contribution in [3.05, 3.63) is 40.3 Å². The summed E-state index contributed by atoms with van der Waals surface area (Å²) in [5.41, 5.74) is 2.36. The molecule has 2 rings (SSSR count). The van der Waals surface area contributed by atoms with Crippen molar-refractivity contribution >= 4 is 34.6 Å². The van der Waals surface area contributed by atoms with Gasteiger partial charge in [0.2, 0.25) is 5.91 Å². The lowest BCUT2D eigenvalue weighted by atomic mass is 10.2. The minimum absolute atomic E-state index is 0.0656. The Balaban J connectivity index is 1.90. The topological polar surface area (TPSA) is 74.3 Å². The van der Waals surface area contributed by atoms with Gasteiger partial charge >= 0.3 is 6.03 Å². The first-order valence-corrected chi connectivity index (χ1v) is 8.56. The van der Waals surface area contributed by atoms with Crippen molar-refractivity contribution in [2.24, 2.45) is 0 Å². The number of nitrogens with one attached hydrogen (secondary N) is 2. The van der Waals surface area contributed by atoms with Gasteiger partial charge in [-0.25, -0.2) is 9.78 Å². The summed E-state index contributed by atoms with van der Waals surface area (Å²) in [6, 6.07) is 6.87. The molecule has 0 aliphatic carbocycles. The van der Waals surface area contributed by atoms with E-state index >= 15 is 0 Å². The fourth-order valence-electron chi connectivity index (χ4n) is 2.08. The Kier molecular flexibility index (Phi) is 5.92. The van der Waals surface area contributed by atoms with E-state index in [2.05, 4.69) is 15.6 Å². The maximum absolute atomic E-state index is 12.0. The number of amides is 3. The number of thiazole rings is 1. The second kappa shape index (κ2) is 7.92. The van der Waals surface area contributed by atoms with Gasteiger partial charge in [0, 0.05) is 48.9 Å². The lowest BCUT2D eigenvalue weighted by Gasteiger charge is -2.16. The zero-order valence-corrected chi connectivity index (χ0v) is 15.1. The number of hydrogen-bond donors (Lipinski definition) is 2. The number of urea groups is 1. The Morgan fingerprint density at radius 3 is 2.75 bits per heavy atom. The molecule has 2 N–H and O–H groups in total. The number of carbonyl (C=O) groups is 2. The second-order valence-electron chi connectivity index (χ2n) is 5.69. The van der Waals surface area contributed by atoms with E-state index in [1.54, 1.807) is 36.6 Å². The van der Waals surface area contributed by atoms with Crippen LogP contribution in [0.1, 0.15) is 30.5 Å². The van der Waals surface area contributed by atoms with E-state index in [0.29, 0.717) is 12.2 Å². The van der Waals surface area contributed by atoms with Gasteiger partial charge in [-0.15, -0.1) is 11.3 Å². The second-order valence-corrected chi connectivity index (χ2v) is 6.58. The van der Waals surface area contributed by atoms with Crippen LogP contribution in [0.3, 0.4) is 0 Å². The molecule has 0 bridgehead atoms. The van der Waals surface area contributed by atoms with Crippen LogP contribution < -0.4 is 15.5 Å². The number of hydrogen-bond acceptors (Lipinski definition) is 4. The Morgan fingerprint density at radius 2 is 2.12 bits per heavy atom. The summed E-state index contributed by atoms with van der Waals surface area (Å²) in [5, 5.41) is 8.64. The normalized spacial score (nSPS) is 11.7. The number of aryl methyl sites for hydroxylation is 1. The van der Waals surface area contributed by atoms with Crippen molar-refractivity contribution in [2.75, 3.05) is 23.8 Å². The van der Waals surface area contributed by atoms with Crippen LogP contribution in [0.5, 0.6) is 0 Å². The molecule has 0 aliphatic heterocycles. The molecule has 0 saturated carbocycles. The standard InChI is InChI=1S/C17H22N4O2S/c1-11(16-19-12(2)10-24-16)9-18-17(23)20-14-6-5-7-15(8-14)21(4)13(3)22/h5-8,10-11H,9H2,1-4H3,(H2,18,20,23)/t11-/m0/s1. The van der Waals surface area contributed by atoms with E-state index in [-0.39, 0.29) is 17.9 Å². The van der Waals surface area contributed by atoms with Gasteiger partial charge in [0.05, 0.1) is 5.01 Å². The minimum Gasteiger partial charge on any atom is -0.337 e. The van der Waals surface area contributed by atoms with E-state index in [1.807, 2.05) is 25.3 Å². The summed E-state index contributed by atoms with van der Waals surface area (Å²) in [6.07, 6.45) is 0. The zero-order valence-electron chi connectivity index (χ0n) is 14.3. The van der Waals surface area contributed by atoms with Gasteiger partial charge in [0.15, 0.2) is 0 Å². The number of carbonyl (C=O) groups excluding carboxylic acids is 2. The van der Waals surface area contributed by atoms with Gasteiger partial charge in [0.1, 0.15) is 0 Å². The summed E-state index contributed by atoms with van der Waals surface area (Å²) in [5.74, 6) is 0.0915. The number of nitrogens with zero attached hydrogens (tertiary/aromatic N) is 2. The molecule has 1 atom stereocenters. The molecular weight excluding hydrogens is 324 g/mol. The summed E-state index contributed by atoms with van der Waals surface area (Å²) in [7, 11) is 1.69. The molecule has 0 aliphatic rings. The third-order valence-electron chi connectivity index (χ3n) is 3.59. The molecule has 3 amide bonds. The van der Waals surface area contributed by atoms with Crippen LogP contribution in [0.2, 0.25) is 0 Å². The van der Waals surface area contributed by atoms with Crippen molar-refractivity contribution in [1.29, 1.82) is 0 Å². The molecule has 2 aromatic rings. The van der Waals surface area contributed by atoms with E-state index < -0.39 is 0 Å². The molecule has 6 nitrogen and oxygen atoms in total. The smallest absolute Gasteiger partial charge is 0.319 e. The first-order chi connectivity index (χ1) is 11.4. The molecule has 1 aromatic carbocycles. The third-order valence-corrected chi connectivity index (χ3v) is 4.78. The van der Waals surface area contributed by atoms with E-state index in [1.165, 1.54) is 11.8 Å². The van der Waals surface area contributed by atoms with E-state index in [4.69, 9.17) is 0 Å². The summed E-state index contributed by atoms with van der Waals surface area (Å²) >= 11 is 1.60. The summed E-state index contributed by atoms with van der Waals surface area (Å²) in [6.45, 7) is 5.99. The van der Waals surface area contributed by atoms with Crippen LogP contribution in [-0.2, 0) is 4.79 Å². The maximum Gasteiger partial charge on any atom is 0.319 e. The van der Waals surface area contributed by atoms with Gasteiger partial charge in [0.25, 0.3) is 0 Å². The predicted octanol–water partition coefficient (Wildman–Crippen LogP) is 3.36. The molecule has 7 heteroatoms. The van der Waals surface area contributed by atoms with E-state index in [0.717, 1.165) is 16.4 Å².